The second kappa shape index (κ2) is 33.6. The molecule has 2 nitrogen and oxygen atoms in total. The van der Waals surface area contributed by atoms with E-state index in [-0.39, 0.29) is 23.9 Å². The van der Waals surface area contributed by atoms with Crippen molar-refractivity contribution in [2.75, 3.05) is 13.2 Å². The van der Waals surface area contributed by atoms with E-state index in [1.807, 2.05) is 6.08 Å². The Morgan fingerprint density at radius 3 is 1.72 bits per heavy atom. The molecule has 0 heterocycles. The molecule has 0 fully saturated rings. The zero-order valence-electron chi connectivity index (χ0n) is 20.5. The molecule has 0 aliphatic carbocycles. The van der Waals surface area contributed by atoms with Gasteiger partial charge in [-0.2, -0.15) is 0 Å². The average Bonchev–Trinajstić information content (AvgIpc) is 2.73. The molecule has 0 atom stereocenters. The summed E-state index contributed by atoms with van der Waals surface area (Å²) in [6.07, 6.45) is 27.9. The van der Waals surface area contributed by atoms with E-state index in [2.05, 4.69) is 69.6 Å². The maximum Gasteiger partial charge on any atom is 2.00 e. The third kappa shape index (κ3) is 40.8. The Hall–Kier alpha value is 0.453. The van der Waals surface area contributed by atoms with Crippen molar-refractivity contribution in [1.82, 2.24) is 0 Å². The molecule has 0 N–H and O–H groups in total. The first-order valence-corrected chi connectivity index (χ1v) is 13.7. The number of hydrogen-bond acceptors (Lipinski definition) is 5. The van der Waals surface area contributed by atoms with E-state index in [4.69, 9.17) is 21.7 Å². The summed E-state index contributed by atoms with van der Waals surface area (Å²) in [4.78, 5) is 0. The molecule has 7 heteroatoms. The monoisotopic (exact) mass is 569 g/mol. The van der Waals surface area contributed by atoms with Crippen LogP contribution in [0.5, 0.6) is 0 Å². The van der Waals surface area contributed by atoms with Crippen LogP contribution in [-0.4, -0.2) is 22.0 Å². The van der Waals surface area contributed by atoms with Gasteiger partial charge in [0.25, 0.3) is 0 Å². The molecule has 0 unspecified atom stereocenters. The van der Waals surface area contributed by atoms with E-state index in [1.54, 1.807) is 0 Å². The van der Waals surface area contributed by atoms with Gasteiger partial charge in [0.15, 0.2) is 0 Å². The number of allylic oxidation sites excluding steroid dienone is 3. The standard InChI is InChI=1S/C13H24OS2.C12H22OS2.Zn/c1-2-3-4-5-6-7-8-9-10-11-12-14-13(15)16;1-2-3-4-5-6-7-8-9-10-11-13-12(14)15;/h3-4H,2,5-12H2,1H3,(H,15,16);9-10H,2-8,11H2,1H3,(H,14,15);/q;;+2/p-1/b4-3+;10-9+;. The number of thiocarbonyl (C=S) groups is 2. The van der Waals surface area contributed by atoms with E-state index in [9.17, 15) is 0 Å². The molecule has 0 aromatic carbocycles. The normalized spacial score (nSPS) is 10.5. The summed E-state index contributed by atoms with van der Waals surface area (Å²) in [7, 11) is 0. The number of rotatable bonds is 19. The van der Waals surface area contributed by atoms with E-state index < -0.39 is 0 Å². The zero-order chi connectivity index (χ0) is 23.4. The van der Waals surface area contributed by atoms with Crippen LogP contribution in [0.3, 0.4) is 0 Å². The minimum absolute atomic E-state index is 0. The van der Waals surface area contributed by atoms with Crippen molar-refractivity contribution in [2.45, 2.75) is 110 Å². The smallest absolute Gasteiger partial charge is 0.509 e. The second-order valence-corrected chi connectivity index (χ2v) is 9.57. The first kappa shape index (κ1) is 37.0. The third-order valence-corrected chi connectivity index (χ3v) is 5.06. The Morgan fingerprint density at radius 1 is 0.719 bits per heavy atom. The van der Waals surface area contributed by atoms with Crippen LogP contribution in [0.25, 0.3) is 0 Å². The Balaban J connectivity index is -0.000000511. The molecule has 0 amide bonds. The maximum absolute atomic E-state index is 5.10. The Morgan fingerprint density at radius 2 is 1.22 bits per heavy atom. The summed E-state index contributed by atoms with van der Waals surface area (Å²) >= 11 is 17.8. The fourth-order valence-electron chi connectivity index (χ4n) is 2.86. The van der Waals surface area contributed by atoms with Crippen LogP contribution in [0.15, 0.2) is 24.3 Å². The van der Waals surface area contributed by atoms with Crippen LogP contribution in [0.4, 0.5) is 0 Å². The topological polar surface area (TPSA) is 18.5 Å². The van der Waals surface area contributed by atoms with Gasteiger partial charge in [0, 0.05) is 4.38 Å². The van der Waals surface area contributed by atoms with Crippen molar-refractivity contribution in [3.8, 4) is 0 Å². The molecule has 0 radical (unpaired) electrons. The van der Waals surface area contributed by atoms with Crippen LogP contribution in [0.1, 0.15) is 110 Å². The molecule has 0 aliphatic rings. The molecule has 0 aliphatic heterocycles. The summed E-state index contributed by atoms with van der Waals surface area (Å²) in [5.41, 5.74) is 0. The molecular weight excluding hydrogens is 526 g/mol. The van der Waals surface area contributed by atoms with Crippen LogP contribution in [-0.2, 0) is 41.6 Å². The first-order chi connectivity index (χ1) is 15.0. The number of ether oxygens (including phenoxy) is 2. The predicted molar refractivity (Wildman–Crippen MR) is 152 cm³/mol. The molecule has 0 aromatic heterocycles. The maximum atomic E-state index is 5.10. The largest absolute Gasteiger partial charge is 2.00 e. The molecule has 32 heavy (non-hydrogen) atoms. The average molecular weight is 571 g/mol. The minimum atomic E-state index is 0. The Bertz CT molecular complexity index is 457. The number of hydrogen-bond donors (Lipinski definition) is 1. The van der Waals surface area contributed by atoms with Crippen molar-refractivity contribution in [3.05, 3.63) is 24.3 Å². The fourth-order valence-corrected chi connectivity index (χ4v) is 3.17. The summed E-state index contributed by atoms with van der Waals surface area (Å²) in [6.45, 7) is 5.67. The number of unbranched alkanes of at least 4 members (excludes halogenated alkanes) is 12. The Kier molecular flexibility index (Phi) is 38.9. The summed E-state index contributed by atoms with van der Waals surface area (Å²) in [6, 6.07) is 0. The van der Waals surface area contributed by atoms with Crippen LogP contribution in [0, 0.1) is 0 Å². The molecule has 0 saturated carbocycles. The van der Waals surface area contributed by atoms with Crippen molar-refractivity contribution in [2.24, 2.45) is 0 Å². The molecular formula is C25H45O2S4Zn+. The summed E-state index contributed by atoms with van der Waals surface area (Å²) in [5, 5.41) is 0. The third-order valence-electron chi connectivity index (χ3n) is 4.58. The van der Waals surface area contributed by atoms with Gasteiger partial charge in [0.05, 0.1) is 6.61 Å². The molecule has 0 saturated heterocycles. The Labute approximate surface area is 233 Å². The van der Waals surface area contributed by atoms with E-state index in [1.165, 1.54) is 77.0 Å². The van der Waals surface area contributed by atoms with Gasteiger partial charge < -0.3 is 34.3 Å². The fraction of sp³-hybridized carbons (Fsp3) is 0.760. The van der Waals surface area contributed by atoms with E-state index >= 15 is 0 Å². The van der Waals surface area contributed by atoms with Gasteiger partial charge >= 0.3 is 19.5 Å². The molecule has 0 rings (SSSR count). The van der Waals surface area contributed by atoms with Crippen LogP contribution >= 0.6 is 37.1 Å². The van der Waals surface area contributed by atoms with Gasteiger partial charge in [0.2, 0.25) is 4.38 Å². The molecule has 0 bridgehead atoms. The quantitative estimate of drug-likeness (QED) is 0.0415. The van der Waals surface area contributed by atoms with Gasteiger partial charge in [-0.15, -0.1) is 0 Å². The van der Waals surface area contributed by atoms with Crippen LogP contribution in [0.2, 0.25) is 0 Å². The molecule has 0 aromatic rings. The van der Waals surface area contributed by atoms with Crippen molar-refractivity contribution in [3.63, 3.8) is 0 Å². The summed E-state index contributed by atoms with van der Waals surface area (Å²) in [5.74, 6) is 0. The molecule has 0 spiro atoms. The van der Waals surface area contributed by atoms with E-state index in [0.29, 0.717) is 11.0 Å². The predicted octanol–water partition coefficient (Wildman–Crippen LogP) is 9.05. The first-order valence-electron chi connectivity index (χ1n) is 12.0. The van der Waals surface area contributed by atoms with Gasteiger partial charge in [-0.05, 0) is 50.7 Å². The van der Waals surface area contributed by atoms with Crippen molar-refractivity contribution >= 4 is 58.5 Å². The molecule has 182 valence electrons. The zero-order valence-corrected chi connectivity index (χ0v) is 26.8. The second-order valence-electron chi connectivity index (χ2n) is 7.49. The van der Waals surface area contributed by atoms with Crippen LogP contribution < -0.4 is 0 Å². The van der Waals surface area contributed by atoms with Gasteiger partial charge in [-0.25, -0.2) is 0 Å². The van der Waals surface area contributed by atoms with Crippen molar-refractivity contribution < 1.29 is 29.0 Å². The number of thiol groups is 1. The van der Waals surface area contributed by atoms with Crippen molar-refractivity contribution in [1.29, 1.82) is 0 Å². The van der Waals surface area contributed by atoms with Gasteiger partial charge in [-0.3, -0.25) is 0 Å². The summed E-state index contributed by atoms with van der Waals surface area (Å²) < 4.78 is 10.6. The SMILES string of the molecule is CC/C=C/CCCCCCCCOC(=S)S.CCCCCCCC/C=C/COC(=S)[S-].[Zn+2]. The minimum Gasteiger partial charge on any atom is -0.509 e. The van der Waals surface area contributed by atoms with Gasteiger partial charge in [0.1, 0.15) is 6.61 Å². The van der Waals surface area contributed by atoms with E-state index in [0.717, 1.165) is 25.9 Å². The van der Waals surface area contributed by atoms with Gasteiger partial charge in [-0.1, -0.05) is 109 Å².